The van der Waals surface area contributed by atoms with Crippen LogP contribution in [0.5, 0.6) is 5.75 Å². The number of hydrogen-bond donors (Lipinski definition) is 2. The number of thiazole rings is 1. The van der Waals surface area contributed by atoms with E-state index in [0.29, 0.717) is 36.1 Å². The van der Waals surface area contributed by atoms with Crippen LogP contribution >= 0.6 is 11.3 Å². The summed E-state index contributed by atoms with van der Waals surface area (Å²) in [6, 6.07) is 9.08. The summed E-state index contributed by atoms with van der Waals surface area (Å²) >= 11 is 1.37. The Morgan fingerprint density at radius 1 is 1.29 bits per heavy atom. The third kappa shape index (κ3) is 3.66. The van der Waals surface area contributed by atoms with Crippen molar-refractivity contribution in [1.82, 2.24) is 20.0 Å². The lowest BCUT2D eigenvalue weighted by Gasteiger charge is -2.25. The number of rotatable bonds is 4. The number of aromatic amines is 1. The molecule has 5 rings (SSSR count). The minimum Gasteiger partial charge on any atom is -0.497 e. The SMILES string of the molecule is COc1ccc2cc(C(=O)N3CCc4nc(NC(=O)c5cc(C)on5)sc4C3)[nH]c2c1. The fraction of sp³-hybridized carbons (Fsp3) is 0.238. The minimum absolute atomic E-state index is 0.0714. The average Bonchev–Trinajstić information content (AvgIpc) is 3.49. The van der Waals surface area contributed by atoms with E-state index >= 15 is 0 Å². The summed E-state index contributed by atoms with van der Waals surface area (Å²) in [5, 5.41) is 7.91. The third-order valence-electron chi connectivity index (χ3n) is 5.16. The molecule has 3 aromatic heterocycles. The van der Waals surface area contributed by atoms with Crippen molar-refractivity contribution in [2.75, 3.05) is 19.0 Å². The van der Waals surface area contributed by atoms with E-state index in [1.54, 1.807) is 25.0 Å². The summed E-state index contributed by atoms with van der Waals surface area (Å²) in [5.41, 5.74) is 2.50. The molecule has 1 aliphatic rings. The standard InChI is InChI=1S/C21H19N5O4S/c1-11-7-16(25-30-11)19(27)24-21-23-14-5-6-26(10-18(14)31-21)20(28)17-8-12-3-4-13(29-2)9-15(12)22-17/h3-4,7-9,22H,5-6,10H2,1-2H3,(H,23,24,27). The van der Waals surface area contributed by atoms with Crippen LogP contribution in [0, 0.1) is 6.92 Å². The molecule has 0 fully saturated rings. The Morgan fingerprint density at radius 3 is 2.94 bits per heavy atom. The zero-order chi connectivity index (χ0) is 21.5. The van der Waals surface area contributed by atoms with Gasteiger partial charge in [-0.05, 0) is 25.1 Å². The topological polar surface area (TPSA) is 113 Å². The maximum absolute atomic E-state index is 13.1. The van der Waals surface area contributed by atoms with Gasteiger partial charge in [0.25, 0.3) is 11.8 Å². The molecule has 0 saturated carbocycles. The Labute approximate surface area is 181 Å². The number of benzene rings is 1. The lowest BCUT2D eigenvalue weighted by molar-refractivity contribution is 0.0731. The van der Waals surface area contributed by atoms with Gasteiger partial charge in [-0.15, -0.1) is 0 Å². The number of carbonyl (C=O) groups excluding carboxylic acids is 2. The van der Waals surface area contributed by atoms with Crippen LogP contribution < -0.4 is 10.1 Å². The number of carbonyl (C=O) groups is 2. The number of hydrogen-bond acceptors (Lipinski definition) is 7. The second-order valence-corrected chi connectivity index (χ2v) is 8.36. The molecule has 1 aromatic carbocycles. The highest BCUT2D eigenvalue weighted by Crippen LogP contribution is 2.30. The Balaban J connectivity index is 1.31. The highest BCUT2D eigenvalue weighted by Gasteiger charge is 2.26. The normalized spacial score (nSPS) is 13.3. The molecule has 10 heteroatoms. The molecule has 158 valence electrons. The molecular formula is C21H19N5O4S. The first kappa shape index (κ1) is 19.3. The zero-order valence-corrected chi connectivity index (χ0v) is 17.7. The van der Waals surface area contributed by atoms with Crippen LogP contribution in [0.25, 0.3) is 10.9 Å². The van der Waals surface area contributed by atoms with Gasteiger partial charge in [-0.3, -0.25) is 14.9 Å². The van der Waals surface area contributed by atoms with Gasteiger partial charge in [0, 0.05) is 40.9 Å². The molecule has 31 heavy (non-hydrogen) atoms. The molecule has 2 N–H and O–H groups in total. The number of nitrogens with one attached hydrogen (secondary N) is 2. The van der Waals surface area contributed by atoms with Gasteiger partial charge < -0.3 is 19.1 Å². The smallest absolute Gasteiger partial charge is 0.279 e. The monoisotopic (exact) mass is 437 g/mol. The van der Waals surface area contributed by atoms with Crippen molar-refractivity contribution in [2.24, 2.45) is 0 Å². The Kier molecular flexibility index (Phi) is 4.70. The molecule has 4 heterocycles. The number of nitrogens with zero attached hydrogens (tertiary/aromatic N) is 3. The van der Waals surface area contributed by atoms with Crippen molar-refractivity contribution >= 4 is 39.2 Å². The second kappa shape index (κ2) is 7.55. The summed E-state index contributed by atoms with van der Waals surface area (Å²) in [6.07, 6.45) is 0.630. The Bertz CT molecular complexity index is 1300. The van der Waals surface area contributed by atoms with Crippen LogP contribution in [0.15, 0.2) is 34.9 Å². The molecule has 9 nitrogen and oxygen atoms in total. The quantitative estimate of drug-likeness (QED) is 0.506. The molecule has 0 saturated heterocycles. The van der Waals surface area contributed by atoms with E-state index in [4.69, 9.17) is 9.26 Å². The minimum atomic E-state index is -0.371. The van der Waals surface area contributed by atoms with Gasteiger partial charge in [-0.1, -0.05) is 16.5 Å². The van der Waals surface area contributed by atoms with E-state index < -0.39 is 0 Å². The number of amides is 2. The molecule has 0 radical (unpaired) electrons. The highest BCUT2D eigenvalue weighted by atomic mass is 32.1. The molecule has 1 aliphatic heterocycles. The van der Waals surface area contributed by atoms with Crippen LogP contribution in [0.1, 0.15) is 37.3 Å². The molecule has 0 aliphatic carbocycles. The highest BCUT2D eigenvalue weighted by molar-refractivity contribution is 7.15. The average molecular weight is 437 g/mol. The van der Waals surface area contributed by atoms with Crippen molar-refractivity contribution < 1.29 is 18.8 Å². The van der Waals surface area contributed by atoms with Gasteiger partial charge in [-0.2, -0.15) is 0 Å². The number of fused-ring (bicyclic) bond motifs is 2. The third-order valence-corrected chi connectivity index (χ3v) is 6.16. The summed E-state index contributed by atoms with van der Waals surface area (Å²) in [5.74, 6) is 0.853. The maximum atomic E-state index is 13.1. The molecule has 0 atom stereocenters. The van der Waals surface area contributed by atoms with Crippen molar-refractivity contribution in [2.45, 2.75) is 19.9 Å². The van der Waals surface area contributed by atoms with Gasteiger partial charge in [0.15, 0.2) is 10.8 Å². The second-order valence-electron chi connectivity index (χ2n) is 7.28. The van der Waals surface area contributed by atoms with Crippen LogP contribution in [0.2, 0.25) is 0 Å². The molecule has 2 amide bonds. The maximum Gasteiger partial charge on any atom is 0.279 e. The van der Waals surface area contributed by atoms with E-state index in [9.17, 15) is 9.59 Å². The van der Waals surface area contributed by atoms with E-state index in [-0.39, 0.29) is 17.5 Å². The summed E-state index contributed by atoms with van der Waals surface area (Å²) in [6.45, 7) is 2.73. The summed E-state index contributed by atoms with van der Waals surface area (Å²) in [4.78, 5) is 35.8. The number of aromatic nitrogens is 3. The van der Waals surface area contributed by atoms with Crippen molar-refractivity contribution in [3.63, 3.8) is 0 Å². The van der Waals surface area contributed by atoms with Crippen LogP contribution in [-0.2, 0) is 13.0 Å². The van der Waals surface area contributed by atoms with E-state index in [1.165, 1.54) is 11.3 Å². The van der Waals surface area contributed by atoms with Gasteiger partial charge in [0.2, 0.25) is 0 Å². The van der Waals surface area contributed by atoms with Crippen LogP contribution in [0.4, 0.5) is 5.13 Å². The predicted molar refractivity (Wildman–Crippen MR) is 115 cm³/mol. The van der Waals surface area contributed by atoms with E-state index in [0.717, 1.165) is 27.2 Å². The van der Waals surface area contributed by atoms with Crippen molar-refractivity contribution in [3.8, 4) is 5.75 Å². The van der Waals surface area contributed by atoms with Crippen LogP contribution in [-0.4, -0.2) is 45.5 Å². The number of H-pyrrole nitrogens is 1. The molecule has 4 aromatic rings. The van der Waals surface area contributed by atoms with Gasteiger partial charge in [-0.25, -0.2) is 4.98 Å². The fourth-order valence-corrected chi connectivity index (χ4v) is 4.59. The van der Waals surface area contributed by atoms with Crippen LogP contribution in [0.3, 0.4) is 0 Å². The summed E-state index contributed by atoms with van der Waals surface area (Å²) < 4.78 is 10.2. The zero-order valence-electron chi connectivity index (χ0n) is 16.9. The first-order valence-corrected chi connectivity index (χ1v) is 10.5. The van der Waals surface area contributed by atoms with E-state index in [2.05, 4.69) is 20.4 Å². The Morgan fingerprint density at radius 2 is 2.16 bits per heavy atom. The molecule has 0 spiro atoms. The number of anilines is 1. The molecule has 0 bridgehead atoms. The lowest BCUT2D eigenvalue weighted by Crippen LogP contribution is -2.35. The molecule has 0 unspecified atom stereocenters. The first-order chi connectivity index (χ1) is 15.0. The largest absolute Gasteiger partial charge is 0.497 e. The number of aryl methyl sites for hydroxylation is 1. The van der Waals surface area contributed by atoms with Crippen molar-refractivity contribution in [1.29, 1.82) is 0 Å². The van der Waals surface area contributed by atoms with E-state index in [1.807, 2.05) is 24.3 Å². The first-order valence-electron chi connectivity index (χ1n) is 9.69. The van der Waals surface area contributed by atoms with Gasteiger partial charge in [0.1, 0.15) is 17.2 Å². The fourth-order valence-electron chi connectivity index (χ4n) is 3.58. The number of ether oxygens (including phenoxy) is 1. The molecular weight excluding hydrogens is 418 g/mol. The van der Waals surface area contributed by atoms with Gasteiger partial charge >= 0.3 is 0 Å². The Hall–Kier alpha value is -3.66. The predicted octanol–water partition coefficient (Wildman–Crippen LogP) is 3.38. The van der Waals surface area contributed by atoms with Crippen molar-refractivity contribution in [3.05, 3.63) is 58.1 Å². The lowest BCUT2D eigenvalue weighted by atomic mass is 10.1. The number of methoxy groups -OCH3 is 1. The van der Waals surface area contributed by atoms with Gasteiger partial charge in [0.05, 0.1) is 19.3 Å². The summed E-state index contributed by atoms with van der Waals surface area (Å²) in [7, 11) is 1.61.